The van der Waals surface area contributed by atoms with E-state index in [9.17, 15) is 9.59 Å². The Hall–Kier alpha value is -2.04. The summed E-state index contributed by atoms with van der Waals surface area (Å²) in [5.74, 6) is 0.809. The second-order valence-electron chi connectivity index (χ2n) is 6.90. The van der Waals surface area contributed by atoms with E-state index in [1.165, 1.54) is 0 Å². The standard InChI is InChI=1S/C19H29N3O2/c1-15(2)10-12-22-13-11-17(8-9-18(22)23)21-19(24)20-14-16-6-4-3-5-7-16/h3-7,15,17H,8-14H2,1-2H3,(H2,20,21,24). The fraction of sp³-hybridized carbons (Fsp3) is 0.579. The fourth-order valence-electron chi connectivity index (χ4n) is 2.85. The molecule has 0 aromatic heterocycles. The summed E-state index contributed by atoms with van der Waals surface area (Å²) >= 11 is 0. The quantitative estimate of drug-likeness (QED) is 0.842. The summed E-state index contributed by atoms with van der Waals surface area (Å²) in [6, 6.07) is 9.74. The molecule has 5 nitrogen and oxygen atoms in total. The van der Waals surface area contributed by atoms with Crippen molar-refractivity contribution in [2.24, 2.45) is 5.92 Å². The van der Waals surface area contributed by atoms with Gasteiger partial charge >= 0.3 is 6.03 Å². The largest absolute Gasteiger partial charge is 0.343 e. The van der Waals surface area contributed by atoms with Crippen LogP contribution >= 0.6 is 0 Å². The highest BCUT2D eigenvalue weighted by molar-refractivity contribution is 5.77. The Morgan fingerprint density at radius 1 is 1.25 bits per heavy atom. The van der Waals surface area contributed by atoms with Crippen LogP contribution in [0.3, 0.4) is 0 Å². The maximum Gasteiger partial charge on any atom is 0.315 e. The molecule has 0 spiro atoms. The van der Waals surface area contributed by atoms with Gasteiger partial charge in [0.1, 0.15) is 0 Å². The Bertz CT molecular complexity index is 531. The van der Waals surface area contributed by atoms with Gasteiger partial charge in [0.15, 0.2) is 0 Å². The van der Waals surface area contributed by atoms with Gasteiger partial charge in [0, 0.05) is 32.1 Å². The van der Waals surface area contributed by atoms with E-state index >= 15 is 0 Å². The van der Waals surface area contributed by atoms with Crippen molar-refractivity contribution in [3.63, 3.8) is 0 Å². The van der Waals surface area contributed by atoms with Crippen LogP contribution in [0, 0.1) is 5.92 Å². The van der Waals surface area contributed by atoms with Gasteiger partial charge in [-0.2, -0.15) is 0 Å². The number of nitrogens with zero attached hydrogens (tertiary/aromatic N) is 1. The van der Waals surface area contributed by atoms with Crippen LogP contribution in [-0.2, 0) is 11.3 Å². The van der Waals surface area contributed by atoms with E-state index in [1.807, 2.05) is 35.2 Å². The summed E-state index contributed by atoms with van der Waals surface area (Å²) in [5, 5.41) is 5.89. The third-order valence-corrected chi connectivity index (χ3v) is 4.41. The first-order chi connectivity index (χ1) is 11.5. The van der Waals surface area contributed by atoms with Crippen molar-refractivity contribution < 1.29 is 9.59 Å². The van der Waals surface area contributed by atoms with E-state index < -0.39 is 0 Å². The van der Waals surface area contributed by atoms with Crippen molar-refractivity contribution in [1.29, 1.82) is 0 Å². The number of likely N-dealkylation sites (tertiary alicyclic amines) is 1. The molecule has 2 rings (SSSR count). The van der Waals surface area contributed by atoms with Crippen LogP contribution in [-0.4, -0.2) is 36.0 Å². The molecule has 1 atom stereocenters. The zero-order chi connectivity index (χ0) is 17.4. The SMILES string of the molecule is CC(C)CCN1CCC(NC(=O)NCc2ccccc2)CCC1=O. The van der Waals surface area contributed by atoms with Gasteiger partial charge in [-0.15, -0.1) is 0 Å². The molecule has 132 valence electrons. The first-order valence-corrected chi connectivity index (χ1v) is 8.90. The maximum absolute atomic E-state index is 12.2. The van der Waals surface area contributed by atoms with Crippen molar-refractivity contribution in [3.05, 3.63) is 35.9 Å². The Morgan fingerprint density at radius 2 is 2.00 bits per heavy atom. The predicted molar refractivity (Wildman–Crippen MR) is 95.5 cm³/mol. The highest BCUT2D eigenvalue weighted by Crippen LogP contribution is 2.14. The zero-order valence-corrected chi connectivity index (χ0v) is 14.8. The molecule has 1 heterocycles. The summed E-state index contributed by atoms with van der Waals surface area (Å²) in [6.07, 6.45) is 3.08. The molecule has 1 fully saturated rings. The lowest BCUT2D eigenvalue weighted by atomic mass is 10.1. The smallest absolute Gasteiger partial charge is 0.315 e. The Labute approximate surface area is 144 Å². The second-order valence-corrected chi connectivity index (χ2v) is 6.90. The number of amides is 3. The van der Waals surface area contributed by atoms with Crippen molar-refractivity contribution in [1.82, 2.24) is 15.5 Å². The molecule has 0 bridgehead atoms. The van der Waals surface area contributed by atoms with E-state index in [4.69, 9.17) is 0 Å². The molecule has 0 radical (unpaired) electrons. The lowest BCUT2D eigenvalue weighted by Crippen LogP contribution is -2.42. The minimum absolute atomic E-state index is 0.0637. The number of hydrogen-bond acceptors (Lipinski definition) is 2. The van der Waals surface area contributed by atoms with Gasteiger partial charge < -0.3 is 15.5 Å². The molecule has 0 saturated carbocycles. The summed E-state index contributed by atoms with van der Waals surface area (Å²) in [4.78, 5) is 26.2. The highest BCUT2D eigenvalue weighted by Gasteiger charge is 2.23. The van der Waals surface area contributed by atoms with Gasteiger partial charge in [0.05, 0.1) is 0 Å². The summed E-state index contributed by atoms with van der Waals surface area (Å²) in [5.41, 5.74) is 1.07. The Kier molecular flexibility index (Phi) is 7.09. The molecular weight excluding hydrogens is 302 g/mol. The molecule has 5 heteroatoms. The number of urea groups is 1. The van der Waals surface area contributed by atoms with Gasteiger partial charge in [0.25, 0.3) is 0 Å². The monoisotopic (exact) mass is 331 g/mol. The van der Waals surface area contributed by atoms with E-state index in [2.05, 4.69) is 24.5 Å². The van der Waals surface area contributed by atoms with Crippen LogP contribution in [0.25, 0.3) is 0 Å². The van der Waals surface area contributed by atoms with Crippen molar-refractivity contribution >= 4 is 11.9 Å². The molecule has 1 unspecified atom stereocenters. The molecular formula is C19H29N3O2. The molecule has 1 aliphatic rings. The molecule has 0 aliphatic carbocycles. The molecule has 24 heavy (non-hydrogen) atoms. The molecule has 1 saturated heterocycles. The lowest BCUT2D eigenvalue weighted by molar-refractivity contribution is -0.130. The number of rotatable bonds is 6. The van der Waals surface area contributed by atoms with Crippen LogP contribution in [0.2, 0.25) is 0 Å². The average Bonchev–Trinajstić information content (AvgIpc) is 2.74. The van der Waals surface area contributed by atoms with Crippen LogP contribution in [0.4, 0.5) is 4.79 Å². The van der Waals surface area contributed by atoms with E-state index in [1.54, 1.807) is 0 Å². The van der Waals surface area contributed by atoms with Gasteiger partial charge in [-0.25, -0.2) is 4.79 Å². The minimum Gasteiger partial charge on any atom is -0.343 e. The molecule has 1 aromatic rings. The molecule has 3 amide bonds. The van der Waals surface area contributed by atoms with E-state index in [0.717, 1.165) is 37.9 Å². The number of carbonyl (C=O) groups is 2. The Balaban J connectivity index is 1.74. The number of carbonyl (C=O) groups excluding carboxylic acids is 2. The fourth-order valence-corrected chi connectivity index (χ4v) is 2.85. The van der Waals surface area contributed by atoms with Gasteiger partial charge in [-0.1, -0.05) is 44.2 Å². The third kappa shape index (κ3) is 6.22. The van der Waals surface area contributed by atoms with Crippen molar-refractivity contribution in [2.45, 2.75) is 52.1 Å². The molecule has 1 aromatic carbocycles. The summed E-state index contributed by atoms with van der Waals surface area (Å²) in [7, 11) is 0. The van der Waals surface area contributed by atoms with Crippen LogP contribution in [0.15, 0.2) is 30.3 Å². The first-order valence-electron chi connectivity index (χ1n) is 8.90. The van der Waals surface area contributed by atoms with Crippen molar-refractivity contribution in [2.75, 3.05) is 13.1 Å². The maximum atomic E-state index is 12.2. The average molecular weight is 331 g/mol. The summed E-state index contributed by atoms with van der Waals surface area (Å²) < 4.78 is 0. The van der Waals surface area contributed by atoms with Gasteiger partial charge in [-0.05, 0) is 30.7 Å². The minimum atomic E-state index is -0.160. The van der Waals surface area contributed by atoms with Gasteiger partial charge in [-0.3, -0.25) is 4.79 Å². The zero-order valence-electron chi connectivity index (χ0n) is 14.8. The number of benzene rings is 1. The highest BCUT2D eigenvalue weighted by atomic mass is 16.2. The normalized spacial score (nSPS) is 18.4. The summed E-state index contributed by atoms with van der Waals surface area (Å²) in [6.45, 7) is 6.41. The van der Waals surface area contributed by atoms with E-state index in [0.29, 0.717) is 18.9 Å². The topological polar surface area (TPSA) is 61.4 Å². The van der Waals surface area contributed by atoms with E-state index in [-0.39, 0.29) is 18.0 Å². The van der Waals surface area contributed by atoms with Crippen molar-refractivity contribution in [3.8, 4) is 0 Å². The lowest BCUT2D eigenvalue weighted by Gasteiger charge is -2.22. The Morgan fingerprint density at radius 3 is 2.71 bits per heavy atom. The van der Waals surface area contributed by atoms with Crippen LogP contribution in [0.5, 0.6) is 0 Å². The molecule has 2 N–H and O–H groups in total. The first kappa shape index (κ1) is 18.3. The number of hydrogen-bond donors (Lipinski definition) is 2. The molecule has 1 aliphatic heterocycles. The third-order valence-electron chi connectivity index (χ3n) is 4.41. The van der Waals surface area contributed by atoms with Crippen LogP contribution < -0.4 is 10.6 Å². The van der Waals surface area contributed by atoms with Crippen LogP contribution in [0.1, 0.15) is 45.1 Å². The van der Waals surface area contributed by atoms with Gasteiger partial charge in [0.2, 0.25) is 5.91 Å². The predicted octanol–water partition coefficient (Wildman–Crippen LogP) is 2.91. The number of nitrogens with one attached hydrogen (secondary N) is 2. The second kappa shape index (κ2) is 9.30.